The van der Waals surface area contributed by atoms with Gasteiger partial charge in [-0.2, -0.15) is 5.10 Å². The van der Waals surface area contributed by atoms with E-state index in [-0.39, 0.29) is 6.04 Å². The van der Waals surface area contributed by atoms with Crippen molar-refractivity contribution in [2.75, 3.05) is 13.7 Å². The van der Waals surface area contributed by atoms with E-state index < -0.39 is 0 Å². The van der Waals surface area contributed by atoms with Crippen molar-refractivity contribution in [3.63, 3.8) is 0 Å². The molecule has 114 valence electrons. The summed E-state index contributed by atoms with van der Waals surface area (Å²) in [6.07, 6.45) is 2.91. The maximum atomic E-state index is 5.53. The molecule has 2 rings (SSSR count). The molecule has 1 aromatic heterocycles. The fraction of sp³-hybridized carbons (Fsp3) is 0.438. The van der Waals surface area contributed by atoms with Gasteiger partial charge in [-0.15, -0.1) is 0 Å². The number of benzene rings is 1. The van der Waals surface area contributed by atoms with E-state index in [2.05, 4.69) is 50.9 Å². The van der Waals surface area contributed by atoms with Gasteiger partial charge in [0, 0.05) is 12.1 Å². The molecule has 0 aliphatic rings. The first-order chi connectivity index (χ1) is 10.2. The van der Waals surface area contributed by atoms with Crippen molar-refractivity contribution in [3.05, 3.63) is 46.2 Å². The van der Waals surface area contributed by atoms with Crippen LogP contribution in [-0.2, 0) is 6.54 Å². The molecule has 5 heteroatoms. The fourth-order valence-electron chi connectivity index (χ4n) is 2.51. The number of methoxy groups -OCH3 is 1. The summed E-state index contributed by atoms with van der Waals surface area (Å²) in [5.41, 5.74) is 2.27. The van der Waals surface area contributed by atoms with Crippen LogP contribution in [0.2, 0.25) is 0 Å². The number of aromatic nitrogens is 2. The van der Waals surface area contributed by atoms with E-state index in [0.29, 0.717) is 0 Å². The van der Waals surface area contributed by atoms with Crippen LogP contribution >= 0.6 is 15.9 Å². The van der Waals surface area contributed by atoms with Crippen LogP contribution in [0.25, 0.3) is 0 Å². The second-order valence-corrected chi connectivity index (χ2v) is 5.69. The largest absolute Gasteiger partial charge is 0.496 e. The number of nitrogens with one attached hydrogen (secondary N) is 1. The highest BCUT2D eigenvalue weighted by Gasteiger charge is 2.23. The molecule has 1 aromatic carbocycles. The molecule has 0 radical (unpaired) electrons. The van der Waals surface area contributed by atoms with Gasteiger partial charge in [0.15, 0.2) is 0 Å². The lowest BCUT2D eigenvalue weighted by Gasteiger charge is -2.22. The predicted octanol–water partition coefficient (Wildman–Crippen LogP) is 3.76. The summed E-state index contributed by atoms with van der Waals surface area (Å²) in [5, 5.41) is 8.02. The van der Waals surface area contributed by atoms with Crippen LogP contribution in [0.5, 0.6) is 5.75 Å². The van der Waals surface area contributed by atoms with Gasteiger partial charge in [-0.05, 0) is 35.0 Å². The third-order valence-electron chi connectivity index (χ3n) is 3.40. The lowest BCUT2D eigenvalue weighted by atomic mass is 10.0. The van der Waals surface area contributed by atoms with Crippen LogP contribution in [0.1, 0.15) is 37.6 Å². The second kappa shape index (κ2) is 7.61. The van der Waals surface area contributed by atoms with Crippen molar-refractivity contribution in [3.8, 4) is 5.75 Å². The number of nitrogens with zero attached hydrogens (tertiary/aromatic N) is 2. The molecular formula is C16H22BrN3O. The van der Waals surface area contributed by atoms with Crippen molar-refractivity contribution in [1.82, 2.24) is 15.1 Å². The van der Waals surface area contributed by atoms with Gasteiger partial charge in [0.1, 0.15) is 5.75 Å². The minimum absolute atomic E-state index is 0.0505. The van der Waals surface area contributed by atoms with E-state index in [1.807, 2.05) is 24.4 Å². The predicted molar refractivity (Wildman–Crippen MR) is 88.7 cm³/mol. The summed E-state index contributed by atoms with van der Waals surface area (Å²) in [6.45, 7) is 6.03. The quantitative estimate of drug-likeness (QED) is 0.825. The normalized spacial score (nSPS) is 12.4. The van der Waals surface area contributed by atoms with Crippen LogP contribution < -0.4 is 10.1 Å². The molecule has 0 bridgehead atoms. The summed E-state index contributed by atoms with van der Waals surface area (Å²) in [7, 11) is 1.71. The van der Waals surface area contributed by atoms with Gasteiger partial charge in [-0.1, -0.05) is 32.0 Å². The summed E-state index contributed by atoms with van der Waals surface area (Å²) < 4.78 is 8.61. The number of para-hydroxylation sites is 1. The Balaban J connectivity index is 2.51. The number of halogens is 1. The van der Waals surface area contributed by atoms with Crippen LogP contribution in [0.4, 0.5) is 0 Å². The third kappa shape index (κ3) is 3.47. The van der Waals surface area contributed by atoms with Gasteiger partial charge in [-0.25, -0.2) is 0 Å². The zero-order chi connectivity index (χ0) is 15.2. The molecule has 0 aliphatic carbocycles. The summed E-state index contributed by atoms with van der Waals surface area (Å²) in [4.78, 5) is 0. The topological polar surface area (TPSA) is 39.1 Å². The molecule has 2 aromatic rings. The van der Waals surface area contributed by atoms with Gasteiger partial charge in [0.05, 0.1) is 29.5 Å². The Morgan fingerprint density at radius 2 is 2.10 bits per heavy atom. The van der Waals surface area contributed by atoms with Crippen LogP contribution in [0.15, 0.2) is 34.9 Å². The lowest BCUT2D eigenvalue weighted by Crippen LogP contribution is -2.25. The Hall–Kier alpha value is -1.33. The average molecular weight is 352 g/mol. The zero-order valence-electron chi connectivity index (χ0n) is 12.8. The van der Waals surface area contributed by atoms with Crippen LogP contribution in [0.3, 0.4) is 0 Å². The Morgan fingerprint density at radius 3 is 2.76 bits per heavy atom. The number of rotatable bonds is 7. The maximum Gasteiger partial charge on any atom is 0.124 e. The lowest BCUT2D eigenvalue weighted by molar-refractivity contribution is 0.401. The molecule has 0 saturated heterocycles. The average Bonchev–Trinajstić information content (AvgIpc) is 2.86. The first-order valence-corrected chi connectivity index (χ1v) is 8.09. The molecule has 1 N–H and O–H groups in total. The minimum Gasteiger partial charge on any atom is -0.496 e. The SMILES string of the molecule is CCCn1ncc(Br)c1C(NCC)c1ccccc1OC. The maximum absolute atomic E-state index is 5.53. The molecular weight excluding hydrogens is 330 g/mol. The van der Waals surface area contributed by atoms with Gasteiger partial charge < -0.3 is 10.1 Å². The number of ether oxygens (including phenoxy) is 1. The highest BCUT2D eigenvalue weighted by atomic mass is 79.9. The molecule has 0 fully saturated rings. The summed E-state index contributed by atoms with van der Waals surface area (Å²) >= 11 is 3.64. The van der Waals surface area contributed by atoms with Crippen molar-refractivity contribution in [2.45, 2.75) is 32.9 Å². The van der Waals surface area contributed by atoms with E-state index >= 15 is 0 Å². The Morgan fingerprint density at radius 1 is 1.33 bits per heavy atom. The monoisotopic (exact) mass is 351 g/mol. The molecule has 0 aliphatic heterocycles. The number of hydrogen-bond acceptors (Lipinski definition) is 3. The van der Waals surface area contributed by atoms with Gasteiger partial charge in [0.25, 0.3) is 0 Å². The molecule has 1 unspecified atom stereocenters. The highest BCUT2D eigenvalue weighted by Crippen LogP contribution is 2.33. The fourth-order valence-corrected chi connectivity index (χ4v) is 3.04. The first kappa shape index (κ1) is 16.0. The Kier molecular flexibility index (Phi) is 5.82. The molecule has 1 atom stereocenters. The van der Waals surface area contributed by atoms with Crippen LogP contribution in [0, 0.1) is 0 Å². The minimum atomic E-state index is 0.0505. The van der Waals surface area contributed by atoms with Crippen molar-refractivity contribution < 1.29 is 4.74 Å². The smallest absolute Gasteiger partial charge is 0.124 e. The summed E-state index contributed by atoms with van der Waals surface area (Å²) in [5.74, 6) is 0.889. The molecule has 21 heavy (non-hydrogen) atoms. The van der Waals surface area contributed by atoms with Gasteiger partial charge in [-0.3, -0.25) is 4.68 Å². The number of aryl methyl sites for hydroxylation is 1. The van der Waals surface area contributed by atoms with E-state index in [0.717, 1.165) is 41.0 Å². The zero-order valence-corrected chi connectivity index (χ0v) is 14.4. The molecule has 0 saturated carbocycles. The number of hydrogen-bond donors (Lipinski definition) is 1. The van der Waals surface area contributed by atoms with Crippen molar-refractivity contribution in [2.24, 2.45) is 0 Å². The van der Waals surface area contributed by atoms with Crippen molar-refractivity contribution in [1.29, 1.82) is 0 Å². The standard InChI is InChI=1S/C16H22BrN3O/c1-4-10-20-16(13(17)11-19-20)15(18-5-2)12-8-6-7-9-14(12)21-3/h6-9,11,15,18H,4-5,10H2,1-3H3. The van der Waals surface area contributed by atoms with Crippen molar-refractivity contribution >= 4 is 15.9 Å². The van der Waals surface area contributed by atoms with E-state index in [9.17, 15) is 0 Å². The van der Waals surface area contributed by atoms with Crippen LogP contribution in [-0.4, -0.2) is 23.4 Å². The van der Waals surface area contributed by atoms with E-state index in [1.54, 1.807) is 7.11 Å². The summed E-state index contributed by atoms with van der Waals surface area (Å²) in [6, 6.07) is 8.17. The second-order valence-electron chi connectivity index (χ2n) is 4.83. The first-order valence-electron chi connectivity index (χ1n) is 7.30. The molecule has 1 heterocycles. The molecule has 0 amide bonds. The Labute approximate surface area is 134 Å². The van der Waals surface area contributed by atoms with Gasteiger partial charge >= 0.3 is 0 Å². The molecule has 0 spiro atoms. The highest BCUT2D eigenvalue weighted by molar-refractivity contribution is 9.10. The van der Waals surface area contributed by atoms with E-state index in [4.69, 9.17) is 4.74 Å². The van der Waals surface area contributed by atoms with Gasteiger partial charge in [0.2, 0.25) is 0 Å². The Bertz CT molecular complexity index is 583. The third-order valence-corrected chi connectivity index (χ3v) is 4.01. The van der Waals surface area contributed by atoms with E-state index in [1.165, 1.54) is 0 Å². The molecule has 4 nitrogen and oxygen atoms in total.